The maximum absolute atomic E-state index is 9.55. The van der Waals surface area contributed by atoms with E-state index < -0.39 is 0 Å². The quantitative estimate of drug-likeness (QED) is 0.377. The molecule has 0 spiro atoms. The lowest BCUT2D eigenvalue weighted by molar-refractivity contribution is 0.926. The Labute approximate surface area is 180 Å². The summed E-state index contributed by atoms with van der Waals surface area (Å²) in [4.78, 5) is 13.5. The summed E-state index contributed by atoms with van der Waals surface area (Å²) in [5.41, 5.74) is 6.95. The maximum Gasteiger partial charge on any atom is 0.165 e. The van der Waals surface area contributed by atoms with E-state index in [1.54, 1.807) is 0 Å². The monoisotopic (exact) mass is 403 g/mol. The van der Waals surface area contributed by atoms with Crippen molar-refractivity contribution >= 4 is 21.8 Å². The minimum Gasteiger partial charge on any atom is -0.308 e. The van der Waals surface area contributed by atoms with Crippen LogP contribution in [0.3, 0.4) is 0 Å². The Bertz CT molecular complexity index is 1460. The lowest BCUT2D eigenvalue weighted by Gasteiger charge is -2.14. The van der Waals surface area contributed by atoms with Gasteiger partial charge in [0.25, 0.3) is 0 Å². The van der Waals surface area contributed by atoms with Crippen molar-refractivity contribution in [2.45, 2.75) is 27.7 Å². The molecule has 0 radical (unpaired) electrons. The van der Waals surface area contributed by atoms with Crippen LogP contribution in [0.4, 0.5) is 0 Å². The van der Waals surface area contributed by atoms with Gasteiger partial charge in [-0.25, -0.2) is 15.0 Å². The fourth-order valence-corrected chi connectivity index (χ4v) is 4.21. The van der Waals surface area contributed by atoms with Crippen molar-refractivity contribution in [1.82, 2.24) is 19.5 Å². The van der Waals surface area contributed by atoms with Crippen LogP contribution >= 0.6 is 0 Å². The van der Waals surface area contributed by atoms with E-state index in [2.05, 4.69) is 75.8 Å². The largest absolute Gasteiger partial charge is 0.308 e. The molecule has 0 aliphatic rings. The first-order chi connectivity index (χ1) is 14.9. The molecular weight excluding hydrogens is 382 g/mol. The van der Waals surface area contributed by atoms with Crippen LogP contribution in [-0.2, 0) is 0 Å². The van der Waals surface area contributed by atoms with Crippen LogP contribution in [-0.4, -0.2) is 19.5 Å². The molecule has 0 fully saturated rings. The number of benzene rings is 3. The summed E-state index contributed by atoms with van der Waals surface area (Å²) >= 11 is 0. The Balaban J connectivity index is 1.94. The Morgan fingerprint density at radius 2 is 1.29 bits per heavy atom. The first-order valence-corrected chi connectivity index (χ1v) is 10.2. The first-order valence-electron chi connectivity index (χ1n) is 10.2. The molecule has 0 atom stereocenters. The number of aryl methyl sites for hydroxylation is 4. The molecular formula is C26H21N5. The zero-order valence-corrected chi connectivity index (χ0v) is 17.9. The van der Waals surface area contributed by atoms with Crippen LogP contribution in [0.25, 0.3) is 38.9 Å². The molecule has 0 aliphatic heterocycles. The van der Waals surface area contributed by atoms with Gasteiger partial charge in [0.2, 0.25) is 0 Å². The number of hydrogen-bond acceptors (Lipinski definition) is 4. The maximum atomic E-state index is 9.55. The minimum atomic E-state index is 0.572. The van der Waals surface area contributed by atoms with Gasteiger partial charge >= 0.3 is 0 Å². The molecule has 5 aromatic rings. The van der Waals surface area contributed by atoms with Gasteiger partial charge in [-0.3, -0.25) is 0 Å². The van der Waals surface area contributed by atoms with Gasteiger partial charge in [0.05, 0.1) is 28.4 Å². The number of fused-ring (bicyclic) bond motifs is 3. The molecule has 2 aromatic heterocycles. The van der Waals surface area contributed by atoms with E-state index in [4.69, 9.17) is 0 Å². The predicted molar refractivity (Wildman–Crippen MR) is 123 cm³/mol. The zero-order valence-electron chi connectivity index (χ0n) is 17.9. The fraction of sp³-hybridized carbons (Fsp3) is 0.154. The van der Waals surface area contributed by atoms with Crippen LogP contribution in [0.2, 0.25) is 0 Å². The standard InChI is InChI=1S/C26H21N5/c1-15-5-8-20-21-9-6-16(2)12-25(21)31(24(20)11-15)23-10-7-19(14-27)13-22(23)26-29-17(3)28-18(4)30-26/h5-13H,1-4H3. The summed E-state index contributed by atoms with van der Waals surface area (Å²) in [5.74, 6) is 1.89. The number of nitrogens with zero attached hydrogens (tertiary/aromatic N) is 5. The van der Waals surface area contributed by atoms with Gasteiger partial charge in [-0.15, -0.1) is 0 Å². The van der Waals surface area contributed by atoms with E-state index in [9.17, 15) is 5.26 Å². The zero-order chi connectivity index (χ0) is 21.7. The average molecular weight is 403 g/mol. The molecule has 150 valence electrons. The van der Waals surface area contributed by atoms with Gasteiger partial charge in [0.15, 0.2) is 5.82 Å². The molecule has 0 unspecified atom stereocenters. The predicted octanol–water partition coefficient (Wildman–Crippen LogP) is 5.74. The Hall–Kier alpha value is -4.04. The second-order valence-electron chi connectivity index (χ2n) is 7.97. The fourth-order valence-electron chi connectivity index (χ4n) is 4.21. The van der Waals surface area contributed by atoms with Crippen molar-refractivity contribution in [2.24, 2.45) is 0 Å². The van der Waals surface area contributed by atoms with Crippen LogP contribution in [0.5, 0.6) is 0 Å². The van der Waals surface area contributed by atoms with Crippen LogP contribution < -0.4 is 0 Å². The smallest absolute Gasteiger partial charge is 0.165 e. The van der Waals surface area contributed by atoms with E-state index in [-0.39, 0.29) is 0 Å². The topological polar surface area (TPSA) is 67.4 Å². The number of aromatic nitrogens is 4. The first kappa shape index (κ1) is 19.0. The van der Waals surface area contributed by atoms with Gasteiger partial charge in [-0.1, -0.05) is 24.3 Å². The Morgan fingerprint density at radius 1 is 0.710 bits per heavy atom. The van der Waals surface area contributed by atoms with E-state index in [0.29, 0.717) is 23.0 Å². The van der Waals surface area contributed by atoms with Crippen LogP contribution in [0.15, 0.2) is 54.6 Å². The third-order valence-corrected chi connectivity index (χ3v) is 5.54. The normalized spacial score (nSPS) is 11.2. The van der Waals surface area contributed by atoms with Gasteiger partial charge in [-0.2, -0.15) is 5.26 Å². The van der Waals surface area contributed by atoms with Crippen molar-refractivity contribution < 1.29 is 0 Å². The van der Waals surface area contributed by atoms with E-state index in [1.165, 1.54) is 21.9 Å². The number of nitriles is 1. The Morgan fingerprint density at radius 3 is 1.84 bits per heavy atom. The summed E-state index contributed by atoms with van der Waals surface area (Å²) < 4.78 is 2.26. The molecule has 0 N–H and O–H groups in total. The molecule has 31 heavy (non-hydrogen) atoms. The van der Waals surface area contributed by atoms with Crippen molar-refractivity contribution in [3.8, 4) is 23.1 Å². The molecule has 2 heterocycles. The molecule has 5 heteroatoms. The van der Waals surface area contributed by atoms with Gasteiger partial charge < -0.3 is 4.57 Å². The Kier molecular flexibility index (Phi) is 4.30. The van der Waals surface area contributed by atoms with Crippen molar-refractivity contribution in [3.63, 3.8) is 0 Å². The van der Waals surface area contributed by atoms with Gasteiger partial charge in [0, 0.05) is 16.3 Å². The molecule has 0 saturated heterocycles. The van der Waals surface area contributed by atoms with Crippen LogP contribution in [0, 0.1) is 39.0 Å². The molecule has 0 bridgehead atoms. The SMILES string of the molecule is Cc1ccc2c3ccc(C)cc3n(-c3ccc(C#N)cc3-c3nc(C)nc(C)n3)c2c1. The highest BCUT2D eigenvalue weighted by atomic mass is 15.0. The second-order valence-corrected chi connectivity index (χ2v) is 7.97. The summed E-state index contributed by atoms with van der Waals surface area (Å²) in [6.45, 7) is 7.93. The third kappa shape index (κ3) is 3.13. The minimum absolute atomic E-state index is 0.572. The molecule has 0 aliphatic carbocycles. The van der Waals surface area contributed by atoms with Gasteiger partial charge in [0.1, 0.15) is 11.6 Å². The van der Waals surface area contributed by atoms with Gasteiger partial charge in [-0.05, 0) is 69.2 Å². The molecule has 3 aromatic carbocycles. The summed E-state index contributed by atoms with van der Waals surface area (Å²) in [6, 6.07) is 21.0. The van der Waals surface area contributed by atoms with E-state index >= 15 is 0 Å². The highest BCUT2D eigenvalue weighted by Crippen LogP contribution is 2.36. The van der Waals surface area contributed by atoms with Crippen molar-refractivity contribution in [3.05, 3.63) is 82.9 Å². The lowest BCUT2D eigenvalue weighted by atomic mass is 10.1. The summed E-state index contributed by atoms with van der Waals surface area (Å²) in [6.07, 6.45) is 0. The summed E-state index contributed by atoms with van der Waals surface area (Å²) in [5, 5.41) is 11.9. The number of rotatable bonds is 2. The highest BCUT2D eigenvalue weighted by Gasteiger charge is 2.18. The average Bonchev–Trinajstić information content (AvgIpc) is 3.04. The van der Waals surface area contributed by atoms with Crippen molar-refractivity contribution in [2.75, 3.05) is 0 Å². The lowest BCUT2D eigenvalue weighted by Crippen LogP contribution is -2.03. The summed E-state index contributed by atoms with van der Waals surface area (Å²) in [7, 11) is 0. The van der Waals surface area contributed by atoms with E-state index in [0.717, 1.165) is 22.3 Å². The molecule has 0 amide bonds. The molecule has 0 saturated carbocycles. The third-order valence-electron chi connectivity index (χ3n) is 5.54. The number of hydrogen-bond donors (Lipinski definition) is 0. The molecule has 5 rings (SSSR count). The van der Waals surface area contributed by atoms with E-state index in [1.807, 2.05) is 32.0 Å². The van der Waals surface area contributed by atoms with Crippen LogP contribution in [0.1, 0.15) is 28.3 Å². The second kappa shape index (κ2) is 7.03. The molecule has 5 nitrogen and oxygen atoms in total. The highest BCUT2D eigenvalue weighted by molar-refractivity contribution is 6.10. The van der Waals surface area contributed by atoms with Crippen molar-refractivity contribution in [1.29, 1.82) is 5.26 Å².